The smallest absolute Gasteiger partial charge is 0.320 e. The Morgan fingerprint density at radius 1 is 1.00 bits per heavy atom. The first-order chi connectivity index (χ1) is 16.8. The molecule has 7 heteroatoms. The summed E-state index contributed by atoms with van der Waals surface area (Å²) in [5.74, 6) is 0.472. The number of hydrogen-bond donors (Lipinski definition) is 2. The summed E-state index contributed by atoms with van der Waals surface area (Å²) in [6.07, 6.45) is 0.845. The van der Waals surface area contributed by atoms with Gasteiger partial charge in [-0.15, -0.1) is 0 Å². The zero-order valence-electron chi connectivity index (χ0n) is 20.3. The summed E-state index contributed by atoms with van der Waals surface area (Å²) >= 11 is 6.02. The van der Waals surface area contributed by atoms with E-state index in [1.165, 1.54) is 5.56 Å². The van der Waals surface area contributed by atoms with Gasteiger partial charge in [0, 0.05) is 30.3 Å². The molecule has 182 valence electrons. The summed E-state index contributed by atoms with van der Waals surface area (Å²) in [4.78, 5) is 29.8. The van der Waals surface area contributed by atoms with Gasteiger partial charge in [-0.05, 0) is 66.3 Å². The fourth-order valence-corrected chi connectivity index (χ4v) is 4.41. The zero-order valence-corrected chi connectivity index (χ0v) is 21.1. The van der Waals surface area contributed by atoms with E-state index in [1.54, 1.807) is 29.2 Å². The average molecular weight is 491 g/mol. The van der Waals surface area contributed by atoms with Crippen molar-refractivity contribution in [2.24, 2.45) is 0 Å². The number of nitrogens with zero attached hydrogens (tertiary/aromatic N) is 2. The van der Waals surface area contributed by atoms with Crippen LogP contribution in [0, 0.1) is 6.92 Å². The van der Waals surface area contributed by atoms with E-state index in [9.17, 15) is 9.59 Å². The van der Waals surface area contributed by atoms with Crippen molar-refractivity contribution in [3.8, 4) is 0 Å². The number of rotatable bonds is 6. The van der Waals surface area contributed by atoms with Crippen LogP contribution in [0.2, 0.25) is 5.02 Å². The van der Waals surface area contributed by atoms with Crippen LogP contribution in [0.25, 0.3) is 0 Å². The first kappa shape index (κ1) is 24.6. The molecule has 6 nitrogen and oxygen atoms in total. The summed E-state index contributed by atoms with van der Waals surface area (Å²) in [6.45, 7) is 8.14. The molecular weight excluding hydrogens is 460 g/mol. The molecule has 1 aliphatic heterocycles. The van der Waals surface area contributed by atoms with E-state index < -0.39 is 6.03 Å². The molecule has 1 heterocycles. The molecule has 1 fully saturated rings. The van der Waals surface area contributed by atoms with E-state index in [0.29, 0.717) is 47.6 Å². The second-order valence-electron chi connectivity index (χ2n) is 9.22. The van der Waals surface area contributed by atoms with Crippen molar-refractivity contribution in [3.05, 3.63) is 88.4 Å². The molecule has 35 heavy (non-hydrogen) atoms. The second kappa shape index (κ2) is 10.8. The maximum absolute atomic E-state index is 13.5. The molecule has 0 spiro atoms. The Labute approximate surface area is 211 Å². The molecule has 0 unspecified atom stereocenters. The van der Waals surface area contributed by atoms with Gasteiger partial charge in [-0.2, -0.15) is 0 Å². The summed E-state index contributed by atoms with van der Waals surface area (Å²) in [5.41, 5.74) is 5.23. The van der Waals surface area contributed by atoms with Gasteiger partial charge >= 0.3 is 12.1 Å². The Morgan fingerprint density at radius 2 is 1.77 bits per heavy atom. The fraction of sp³-hybridized carbons (Fsp3) is 0.286. The van der Waals surface area contributed by atoms with Crippen LogP contribution in [0.1, 0.15) is 42.9 Å². The molecule has 0 atom stereocenters. The predicted octanol–water partition coefficient (Wildman–Crippen LogP) is 7.25. The first-order valence-corrected chi connectivity index (χ1v) is 12.3. The number of halogens is 1. The summed E-state index contributed by atoms with van der Waals surface area (Å²) in [5, 5.41) is 6.25. The van der Waals surface area contributed by atoms with Crippen LogP contribution >= 0.6 is 11.6 Å². The van der Waals surface area contributed by atoms with Crippen molar-refractivity contribution in [1.82, 2.24) is 4.90 Å². The van der Waals surface area contributed by atoms with Crippen molar-refractivity contribution in [2.75, 3.05) is 28.6 Å². The Hall–Kier alpha value is -3.51. The lowest BCUT2D eigenvalue weighted by Crippen LogP contribution is -2.49. The Bertz CT molecular complexity index is 1210. The van der Waals surface area contributed by atoms with E-state index in [-0.39, 0.29) is 6.03 Å². The van der Waals surface area contributed by atoms with Gasteiger partial charge in [0.15, 0.2) is 0 Å². The molecule has 4 amide bonds. The lowest BCUT2D eigenvalue weighted by molar-refractivity contribution is 0.192. The standard InChI is InChI=1S/C28H31ClN4O2/c1-19(2)22-11-9-21(10-12-22)18-32-14-5-15-33(28(32)35)26-13-8-20(3)16-25(26)31-27(34)30-24-7-4-6-23(29)17-24/h4,6-13,16-17,19H,5,14-15,18H2,1-3H3,(H2,30,31,34). The highest BCUT2D eigenvalue weighted by molar-refractivity contribution is 6.30. The molecule has 0 aliphatic carbocycles. The van der Waals surface area contributed by atoms with Gasteiger partial charge < -0.3 is 15.5 Å². The molecule has 0 saturated carbocycles. The zero-order chi connectivity index (χ0) is 24.9. The van der Waals surface area contributed by atoms with Gasteiger partial charge in [0.1, 0.15) is 0 Å². The Morgan fingerprint density at radius 3 is 2.49 bits per heavy atom. The molecule has 3 aromatic carbocycles. The number of aryl methyl sites for hydroxylation is 1. The van der Waals surface area contributed by atoms with E-state index in [0.717, 1.165) is 17.5 Å². The topological polar surface area (TPSA) is 64.7 Å². The second-order valence-corrected chi connectivity index (χ2v) is 9.65. The first-order valence-electron chi connectivity index (χ1n) is 11.9. The minimum absolute atomic E-state index is 0.0636. The van der Waals surface area contributed by atoms with E-state index >= 15 is 0 Å². The van der Waals surface area contributed by atoms with Gasteiger partial charge in [0.2, 0.25) is 0 Å². The molecule has 0 aromatic heterocycles. The summed E-state index contributed by atoms with van der Waals surface area (Å²) < 4.78 is 0. The van der Waals surface area contributed by atoms with E-state index in [4.69, 9.17) is 11.6 Å². The van der Waals surface area contributed by atoms with Crippen LogP contribution in [-0.4, -0.2) is 30.1 Å². The van der Waals surface area contributed by atoms with E-state index in [2.05, 4.69) is 48.7 Å². The van der Waals surface area contributed by atoms with Crippen LogP contribution in [0.3, 0.4) is 0 Å². The van der Waals surface area contributed by atoms with Crippen LogP contribution in [0.5, 0.6) is 0 Å². The van der Waals surface area contributed by atoms with Crippen molar-refractivity contribution in [2.45, 2.75) is 39.7 Å². The molecule has 3 aromatic rings. The van der Waals surface area contributed by atoms with Gasteiger partial charge in [-0.1, -0.05) is 61.8 Å². The van der Waals surface area contributed by atoms with Crippen LogP contribution in [0.15, 0.2) is 66.7 Å². The third-order valence-electron chi connectivity index (χ3n) is 6.10. The van der Waals surface area contributed by atoms with Crippen LogP contribution in [0.4, 0.5) is 26.7 Å². The third-order valence-corrected chi connectivity index (χ3v) is 6.34. The number of carbonyl (C=O) groups is 2. The lowest BCUT2D eigenvalue weighted by Gasteiger charge is -2.36. The highest BCUT2D eigenvalue weighted by Gasteiger charge is 2.28. The number of carbonyl (C=O) groups excluding carboxylic acids is 2. The Kier molecular flexibility index (Phi) is 7.61. The summed E-state index contributed by atoms with van der Waals surface area (Å²) in [6, 6.07) is 20.7. The van der Waals surface area contributed by atoms with Gasteiger partial charge in [-0.25, -0.2) is 9.59 Å². The van der Waals surface area contributed by atoms with Crippen molar-refractivity contribution in [1.29, 1.82) is 0 Å². The number of urea groups is 2. The quantitative estimate of drug-likeness (QED) is 0.382. The van der Waals surface area contributed by atoms with Crippen molar-refractivity contribution < 1.29 is 9.59 Å². The normalized spacial score (nSPS) is 13.8. The number of nitrogens with one attached hydrogen (secondary N) is 2. The maximum atomic E-state index is 13.5. The van der Waals surface area contributed by atoms with Gasteiger partial charge in [-0.3, -0.25) is 4.90 Å². The SMILES string of the molecule is Cc1ccc(N2CCCN(Cc3ccc(C(C)C)cc3)C2=O)c(NC(=O)Nc2cccc(Cl)c2)c1. The van der Waals surface area contributed by atoms with Crippen LogP contribution in [-0.2, 0) is 6.54 Å². The van der Waals surface area contributed by atoms with Gasteiger partial charge in [0.25, 0.3) is 0 Å². The largest absolute Gasteiger partial charge is 0.324 e. The third kappa shape index (κ3) is 6.14. The minimum atomic E-state index is -0.398. The molecule has 2 N–H and O–H groups in total. The van der Waals surface area contributed by atoms with E-state index in [1.807, 2.05) is 30.0 Å². The van der Waals surface area contributed by atoms with Crippen molar-refractivity contribution >= 4 is 40.7 Å². The van der Waals surface area contributed by atoms with Gasteiger partial charge in [0.05, 0.1) is 11.4 Å². The highest BCUT2D eigenvalue weighted by atomic mass is 35.5. The predicted molar refractivity (Wildman–Crippen MR) is 144 cm³/mol. The number of anilines is 3. The number of benzene rings is 3. The number of amides is 4. The molecule has 1 aliphatic rings. The lowest BCUT2D eigenvalue weighted by atomic mass is 10.0. The van der Waals surface area contributed by atoms with Crippen molar-refractivity contribution in [3.63, 3.8) is 0 Å². The van der Waals surface area contributed by atoms with Crippen LogP contribution < -0.4 is 15.5 Å². The summed E-state index contributed by atoms with van der Waals surface area (Å²) in [7, 11) is 0. The Balaban J connectivity index is 1.50. The fourth-order valence-electron chi connectivity index (χ4n) is 4.22. The number of hydrogen-bond acceptors (Lipinski definition) is 2. The molecule has 0 radical (unpaired) electrons. The average Bonchev–Trinajstić information content (AvgIpc) is 2.81. The molecule has 1 saturated heterocycles. The monoisotopic (exact) mass is 490 g/mol. The molecule has 0 bridgehead atoms. The molecular formula is C28H31ClN4O2. The minimum Gasteiger partial charge on any atom is -0.320 e. The highest BCUT2D eigenvalue weighted by Crippen LogP contribution is 2.31. The maximum Gasteiger partial charge on any atom is 0.324 e. The molecule has 4 rings (SSSR count).